The Labute approximate surface area is 160 Å². The zero-order chi connectivity index (χ0) is 18.9. The molecule has 0 saturated heterocycles. The number of rotatable bonds is 3. The van der Waals surface area contributed by atoms with Crippen molar-refractivity contribution in [1.29, 1.82) is 0 Å². The molecule has 0 fully saturated rings. The zero-order valence-corrected chi connectivity index (χ0v) is 14.9. The summed E-state index contributed by atoms with van der Waals surface area (Å²) in [4.78, 5) is 19.6. The number of imidazole rings is 1. The van der Waals surface area contributed by atoms with Gasteiger partial charge in [0.05, 0.1) is 23.6 Å². The van der Waals surface area contributed by atoms with Crippen LogP contribution in [0.5, 0.6) is 0 Å². The maximum Gasteiger partial charge on any atom is 0.271 e. The number of amides is 1. The Balaban J connectivity index is 1.50. The van der Waals surface area contributed by atoms with Crippen molar-refractivity contribution in [2.75, 3.05) is 0 Å². The third-order valence-electron chi connectivity index (χ3n) is 4.86. The minimum absolute atomic E-state index is 0.266. The highest BCUT2D eigenvalue weighted by molar-refractivity contribution is 6.13. The molecule has 5 aromatic rings. The number of carbonyl (C=O) groups excluding carboxylic acids is 1. The summed E-state index contributed by atoms with van der Waals surface area (Å²) >= 11 is 0. The maximum absolute atomic E-state index is 12.5. The molecule has 0 bridgehead atoms. The van der Waals surface area contributed by atoms with Crippen LogP contribution in [0.25, 0.3) is 32.6 Å². The molecule has 1 aromatic heterocycles. The normalized spacial score (nSPS) is 11.6. The fourth-order valence-corrected chi connectivity index (χ4v) is 3.48. The van der Waals surface area contributed by atoms with Crippen LogP contribution in [0.3, 0.4) is 0 Å². The molecule has 0 aliphatic carbocycles. The van der Waals surface area contributed by atoms with Gasteiger partial charge in [-0.1, -0.05) is 48.5 Å². The number of hydrazone groups is 1. The van der Waals surface area contributed by atoms with Gasteiger partial charge in [0.25, 0.3) is 5.91 Å². The van der Waals surface area contributed by atoms with Gasteiger partial charge in [0.15, 0.2) is 0 Å². The van der Waals surface area contributed by atoms with Gasteiger partial charge in [-0.25, -0.2) is 10.4 Å². The largest absolute Gasteiger partial charge is 0.345 e. The Morgan fingerprint density at radius 2 is 1.64 bits per heavy atom. The average molecular weight is 364 g/mol. The van der Waals surface area contributed by atoms with Gasteiger partial charge in [0.1, 0.15) is 0 Å². The smallest absolute Gasteiger partial charge is 0.271 e. The molecule has 0 unspecified atom stereocenters. The maximum atomic E-state index is 12.5. The van der Waals surface area contributed by atoms with Crippen LogP contribution in [-0.4, -0.2) is 22.1 Å². The van der Waals surface area contributed by atoms with Crippen molar-refractivity contribution in [3.05, 3.63) is 90.3 Å². The van der Waals surface area contributed by atoms with Crippen molar-refractivity contribution < 1.29 is 4.79 Å². The lowest BCUT2D eigenvalue weighted by atomic mass is 9.97. The van der Waals surface area contributed by atoms with E-state index in [-0.39, 0.29) is 5.91 Å². The van der Waals surface area contributed by atoms with Crippen molar-refractivity contribution in [1.82, 2.24) is 15.4 Å². The van der Waals surface area contributed by atoms with Gasteiger partial charge in [-0.2, -0.15) is 5.10 Å². The molecule has 28 heavy (non-hydrogen) atoms. The second-order valence-electron chi connectivity index (χ2n) is 6.57. The molecule has 0 aliphatic rings. The van der Waals surface area contributed by atoms with Crippen molar-refractivity contribution in [2.45, 2.75) is 0 Å². The molecule has 1 heterocycles. The summed E-state index contributed by atoms with van der Waals surface area (Å²) in [7, 11) is 0. The van der Waals surface area contributed by atoms with Gasteiger partial charge in [0.2, 0.25) is 0 Å². The predicted octanol–water partition coefficient (Wildman–Crippen LogP) is 4.63. The van der Waals surface area contributed by atoms with E-state index in [4.69, 9.17) is 0 Å². The minimum atomic E-state index is -0.266. The molecule has 5 rings (SSSR count). The highest BCUT2D eigenvalue weighted by atomic mass is 16.2. The van der Waals surface area contributed by atoms with Crippen LogP contribution in [0.2, 0.25) is 0 Å². The summed E-state index contributed by atoms with van der Waals surface area (Å²) in [5.74, 6) is -0.266. The van der Waals surface area contributed by atoms with E-state index in [0.29, 0.717) is 5.56 Å². The quantitative estimate of drug-likeness (QED) is 0.278. The van der Waals surface area contributed by atoms with Crippen LogP contribution >= 0.6 is 0 Å². The Morgan fingerprint density at radius 1 is 0.929 bits per heavy atom. The van der Waals surface area contributed by atoms with Gasteiger partial charge in [-0.3, -0.25) is 4.79 Å². The van der Waals surface area contributed by atoms with E-state index >= 15 is 0 Å². The van der Waals surface area contributed by atoms with E-state index in [2.05, 4.69) is 50.8 Å². The summed E-state index contributed by atoms with van der Waals surface area (Å²) in [5.41, 5.74) is 5.78. The fraction of sp³-hybridized carbons (Fsp3) is 0. The van der Waals surface area contributed by atoms with E-state index in [1.807, 2.05) is 30.3 Å². The van der Waals surface area contributed by atoms with Gasteiger partial charge in [-0.05, 0) is 45.8 Å². The van der Waals surface area contributed by atoms with Crippen LogP contribution in [0.15, 0.2) is 84.2 Å². The molecule has 4 aromatic carbocycles. The first-order valence-electron chi connectivity index (χ1n) is 8.97. The number of hydrogen-bond donors (Lipinski definition) is 2. The number of aromatic nitrogens is 2. The highest BCUT2D eigenvalue weighted by Gasteiger charge is 2.08. The molecular weight excluding hydrogens is 348 g/mol. The molecule has 0 saturated carbocycles. The molecule has 0 radical (unpaired) electrons. The number of carbonyl (C=O) groups is 1. The topological polar surface area (TPSA) is 70.1 Å². The molecule has 1 amide bonds. The molecule has 134 valence electrons. The van der Waals surface area contributed by atoms with Crippen molar-refractivity contribution in [2.24, 2.45) is 5.10 Å². The molecular formula is C23H16N4O. The summed E-state index contributed by atoms with van der Waals surface area (Å²) < 4.78 is 0. The van der Waals surface area contributed by atoms with Crippen molar-refractivity contribution >= 4 is 44.7 Å². The molecule has 5 nitrogen and oxygen atoms in total. The first-order valence-corrected chi connectivity index (χ1v) is 8.97. The number of benzene rings is 4. The van der Waals surface area contributed by atoms with E-state index in [1.54, 1.807) is 24.7 Å². The number of H-pyrrole nitrogens is 1. The average Bonchev–Trinajstić information content (AvgIpc) is 3.21. The van der Waals surface area contributed by atoms with Gasteiger partial charge >= 0.3 is 0 Å². The van der Waals surface area contributed by atoms with E-state index in [9.17, 15) is 4.79 Å². The lowest BCUT2D eigenvalue weighted by Gasteiger charge is -2.08. The van der Waals surface area contributed by atoms with Gasteiger partial charge < -0.3 is 4.98 Å². The van der Waals surface area contributed by atoms with Crippen LogP contribution in [0.4, 0.5) is 0 Å². The first-order chi connectivity index (χ1) is 13.8. The van der Waals surface area contributed by atoms with E-state index < -0.39 is 0 Å². The standard InChI is InChI=1S/C23H16N4O/c28-23(17-9-10-21-22(12-17)25-14-24-21)27-26-13-20-18-7-3-1-5-15(18)11-16-6-2-4-8-19(16)20/h1-14H,(H,24,25)(H,27,28)/b26-13-. The van der Waals surface area contributed by atoms with Crippen LogP contribution in [-0.2, 0) is 0 Å². The highest BCUT2D eigenvalue weighted by Crippen LogP contribution is 2.27. The van der Waals surface area contributed by atoms with Gasteiger partial charge in [0, 0.05) is 11.1 Å². The Bertz CT molecular complexity index is 1310. The van der Waals surface area contributed by atoms with E-state index in [0.717, 1.165) is 38.1 Å². The lowest BCUT2D eigenvalue weighted by molar-refractivity contribution is 0.0955. The fourth-order valence-electron chi connectivity index (χ4n) is 3.48. The molecule has 0 atom stereocenters. The zero-order valence-electron chi connectivity index (χ0n) is 14.9. The summed E-state index contributed by atoms with van der Waals surface area (Å²) in [5, 5.41) is 8.70. The Kier molecular flexibility index (Phi) is 3.84. The van der Waals surface area contributed by atoms with Gasteiger partial charge in [-0.15, -0.1) is 0 Å². The second-order valence-corrected chi connectivity index (χ2v) is 6.57. The van der Waals surface area contributed by atoms with Crippen LogP contribution in [0, 0.1) is 0 Å². The monoisotopic (exact) mass is 364 g/mol. The number of fused-ring (bicyclic) bond motifs is 3. The summed E-state index contributed by atoms with van der Waals surface area (Å²) in [6.45, 7) is 0. The van der Waals surface area contributed by atoms with Crippen LogP contribution < -0.4 is 5.43 Å². The number of aromatic amines is 1. The number of nitrogens with one attached hydrogen (secondary N) is 2. The lowest BCUT2D eigenvalue weighted by Crippen LogP contribution is -2.17. The van der Waals surface area contributed by atoms with Crippen molar-refractivity contribution in [3.63, 3.8) is 0 Å². The predicted molar refractivity (Wildman–Crippen MR) is 113 cm³/mol. The second kappa shape index (κ2) is 6.63. The Morgan fingerprint density at radius 3 is 2.39 bits per heavy atom. The number of nitrogens with zero attached hydrogens (tertiary/aromatic N) is 2. The third-order valence-corrected chi connectivity index (χ3v) is 4.86. The van der Waals surface area contributed by atoms with E-state index in [1.165, 1.54) is 0 Å². The minimum Gasteiger partial charge on any atom is -0.345 e. The Hall–Kier alpha value is -3.99. The first kappa shape index (κ1) is 16.2. The SMILES string of the molecule is O=C(N/N=C\c1c2ccccc2cc2ccccc12)c1ccc2nc[nH]c2c1. The molecule has 5 heteroatoms. The molecule has 0 aliphatic heterocycles. The molecule has 0 spiro atoms. The van der Waals surface area contributed by atoms with Crippen LogP contribution in [0.1, 0.15) is 15.9 Å². The summed E-state index contributed by atoms with van der Waals surface area (Å²) in [6.07, 6.45) is 3.33. The number of hydrogen-bond acceptors (Lipinski definition) is 3. The molecule has 2 N–H and O–H groups in total. The third kappa shape index (κ3) is 2.79. The summed E-state index contributed by atoms with van der Waals surface area (Å²) in [6, 6.07) is 23.8. The van der Waals surface area contributed by atoms with Crippen molar-refractivity contribution in [3.8, 4) is 0 Å².